The second-order valence-electron chi connectivity index (χ2n) is 8.10. The van der Waals surface area contributed by atoms with E-state index in [2.05, 4.69) is 10.2 Å². The number of carbonyl (C=O) groups is 3. The average molecular weight is 419 g/mol. The molecule has 1 aromatic carbocycles. The third kappa shape index (κ3) is 4.41. The Balaban J connectivity index is 1.42. The van der Waals surface area contributed by atoms with Gasteiger partial charge in [0.2, 0.25) is 11.8 Å². The Labute approximate surface area is 176 Å². The Morgan fingerprint density at radius 2 is 1.86 bits per heavy atom. The van der Waals surface area contributed by atoms with Gasteiger partial charge in [-0.1, -0.05) is 11.6 Å². The van der Waals surface area contributed by atoms with Crippen molar-refractivity contribution in [1.29, 1.82) is 0 Å². The predicted molar refractivity (Wildman–Crippen MR) is 111 cm³/mol. The SMILES string of the molecule is CC(C(=O)NC1CC1)N1CCN(C(=O)c2ccc(Cl)cc2N2CCCC2=O)CC1. The zero-order chi connectivity index (χ0) is 20.5. The van der Waals surface area contributed by atoms with Crippen LogP contribution in [-0.4, -0.2) is 72.3 Å². The first kappa shape index (κ1) is 20.2. The highest BCUT2D eigenvalue weighted by atomic mass is 35.5. The Kier molecular flexibility index (Phi) is 5.79. The van der Waals surface area contributed by atoms with Crippen molar-refractivity contribution < 1.29 is 14.4 Å². The van der Waals surface area contributed by atoms with E-state index in [0.29, 0.717) is 61.5 Å². The third-order valence-corrected chi connectivity index (χ3v) is 6.24. The van der Waals surface area contributed by atoms with Crippen LogP contribution in [0, 0.1) is 0 Å². The van der Waals surface area contributed by atoms with Crippen LogP contribution in [0.4, 0.5) is 5.69 Å². The van der Waals surface area contributed by atoms with Crippen LogP contribution in [0.3, 0.4) is 0 Å². The van der Waals surface area contributed by atoms with Crippen LogP contribution in [0.2, 0.25) is 5.02 Å². The molecule has 0 spiro atoms. The average Bonchev–Trinajstić information content (AvgIpc) is 3.44. The van der Waals surface area contributed by atoms with Crippen molar-refractivity contribution in [3.8, 4) is 0 Å². The van der Waals surface area contributed by atoms with Gasteiger partial charge in [-0.3, -0.25) is 19.3 Å². The van der Waals surface area contributed by atoms with Gasteiger partial charge in [-0.2, -0.15) is 0 Å². The molecule has 1 aromatic rings. The summed E-state index contributed by atoms with van der Waals surface area (Å²) in [6.45, 7) is 4.94. The van der Waals surface area contributed by atoms with Crippen molar-refractivity contribution in [3.63, 3.8) is 0 Å². The normalized spacial score (nSPS) is 21.4. The van der Waals surface area contributed by atoms with Crippen molar-refractivity contribution >= 4 is 35.0 Å². The van der Waals surface area contributed by atoms with Crippen LogP contribution >= 0.6 is 11.6 Å². The van der Waals surface area contributed by atoms with Gasteiger partial charge >= 0.3 is 0 Å². The topological polar surface area (TPSA) is 73.0 Å². The molecular weight excluding hydrogens is 392 g/mol. The Hall–Kier alpha value is -2.12. The van der Waals surface area contributed by atoms with E-state index in [1.807, 2.05) is 6.92 Å². The molecule has 0 radical (unpaired) electrons. The fourth-order valence-corrected chi connectivity index (χ4v) is 4.18. The monoisotopic (exact) mass is 418 g/mol. The lowest BCUT2D eigenvalue weighted by atomic mass is 10.1. The highest BCUT2D eigenvalue weighted by Crippen LogP contribution is 2.30. The lowest BCUT2D eigenvalue weighted by Gasteiger charge is -2.37. The maximum Gasteiger partial charge on any atom is 0.256 e. The first-order chi connectivity index (χ1) is 13.9. The Morgan fingerprint density at radius 3 is 2.48 bits per heavy atom. The van der Waals surface area contributed by atoms with Crippen molar-refractivity contribution in [2.24, 2.45) is 0 Å². The first-order valence-corrected chi connectivity index (χ1v) is 10.8. The number of rotatable bonds is 5. The van der Waals surface area contributed by atoms with Gasteiger partial charge in [0, 0.05) is 50.2 Å². The molecule has 2 aliphatic heterocycles. The molecule has 7 nitrogen and oxygen atoms in total. The number of amides is 3. The van der Waals surface area contributed by atoms with E-state index >= 15 is 0 Å². The summed E-state index contributed by atoms with van der Waals surface area (Å²) in [4.78, 5) is 43.3. The van der Waals surface area contributed by atoms with Gasteiger partial charge in [0.1, 0.15) is 0 Å². The maximum atomic E-state index is 13.2. The van der Waals surface area contributed by atoms with E-state index in [9.17, 15) is 14.4 Å². The summed E-state index contributed by atoms with van der Waals surface area (Å²) in [5, 5.41) is 3.56. The van der Waals surface area contributed by atoms with Crippen LogP contribution in [-0.2, 0) is 9.59 Å². The van der Waals surface area contributed by atoms with Crippen molar-refractivity contribution in [2.45, 2.75) is 44.7 Å². The number of nitrogens with one attached hydrogen (secondary N) is 1. The molecule has 1 unspecified atom stereocenters. The molecule has 4 rings (SSSR count). The fourth-order valence-electron chi connectivity index (χ4n) is 4.01. The van der Waals surface area contributed by atoms with Gasteiger partial charge in [0.25, 0.3) is 5.91 Å². The number of nitrogens with zero attached hydrogens (tertiary/aromatic N) is 3. The van der Waals surface area contributed by atoms with Gasteiger partial charge < -0.3 is 15.1 Å². The minimum Gasteiger partial charge on any atom is -0.352 e. The molecule has 1 aliphatic carbocycles. The lowest BCUT2D eigenvalue weighted by molar-refractivity contribution is -0.126. The van der Waals surface area contributed by atoms with Crippen molar-refractivity contribution in [1.82, 2.24) is 15.1 Å². The fraction of sp³-hybridized carbons (Fsp3) is 0.571. The van der Waals surface area contributed by atoms with E-state index < -0.39 is 0 Å². The van der Waals surface area contributed by atoms with Crippen molar-refractivity contribution in [3.05, 3.63) is 28.8 Å². The summed E-state index contributed by atoms with van der Waals surface area (Å²) in [5.41, 5.74) is 1.11. The summed E-state index contributed by atoms with van der Waals surface area (Å²) >= 11 is 6.15. The van der Waals surface area contributed by atoms with E-state index in [-0.39, 0.29) is 23.8 Å². The van der Waals surface area contributed by atoms with E-state index in [1.54, 1.807) is 28.0 Å². The first-order valence-electron chi connectivity index (χ1n) is 10.4. The standard InChI is InChI=1S/C21H27ClN4O3/c1-14(20(28)23-16-5-6-16)24-9-11-25(12-10-24)21(29)17-7-4-15(22)13-18(17)26-8-2-3-19(26)27/h4,7,13-14,16H,2-3,5-6,8-12H2,1H3,(H,23,28). The van der Waals surface area contributed by atoms with Crippen LogP contribution in [0.15, 0.2) is 18.2 Å². The second kappa shape index (κ2) is 8.32. The summed E-state index contributed by atoms with van der Waals surface area (Å²) in [5.74, 6) is 0.00699. The lowest BCUT2D eigenvalue weighted by Crippen LogP contribution is -2.55. The molecule has 2 heterocycles. The molecule has 156 valence electrons. The molecule has 3 amide bonds. The number of halogens is 1. The van der Waals surface area contributed by atoms with Crippen LogP contribution in [0.25, 0.3) is 0 Å². The summed E-state index contributed by atoms with van der Waals surface area (Å²) < 4.78 is 0. The van der Waals surface area contributed by atoms with Gasteiger partial charge in [-0.25, -0.2) is 0 Å². The number of hydrogen-bond donors (Lipinski definition) is 1. The zero-order valence-electron chi connectivity index (χ0n) is 16.7. The highest BCUT2D eigenvalue weighted by molar-refractivity contribution is 6.31. The molecule has 1 atom stereocenters. The molecule has 3 aliphatic rings. The van der Waals surface area contributed by atoms with Gasteiger partial charge in [0.15, 0.2) is 0 Å². The van der Waals surface area contributed by atoms with Crippen LogP contribution in [0.5, 0.6) is 0 Å². The molecule has 2 saturated heterocycles. The molecule has 0 bridgehead atoms. The minimum absolute atomic E-state index is 0.0293. The van der Waals surface area contributed by atoms with Gasteiger partial charge in [-0.15, -0.1) is 0 Å². The third-order valence-electron chi connectivity index (χ3n) is 6.01. The number of hydrogen-bond acceptors (Lipinski definition) is 4. The second-order valence-corrected chi connectivity index (χ2v) is 8.53. The van der Waals surface area contributed by atoms with E-state index in [1.165, 1.54) is 0 Å². The summed E-state index contributed by atoms with van der Waals surface area (Å²) in [6.07, 6.45) is 3.44. The summed E-state index contributed by atoms with van der Waals surface area (Å²) in [6, 6.07) is 5.27. The molecule has 1 N–H and O–H groups in total. The Bertz CT molecular complexity index is 818. The molecular formula is C21H27ClN4O3. The highest BCUT2D eigenvalue weighted by Gasteiger charge is 2.32. The molecule has 0 aromatic heterocycles. The molecule has 29 heavy (non-hydrogen) atoms. The van der Waals surface area contributed by atoms with E-state index in [0.717, 1.165) is 19.3 Å². The van der Waals surface area contributed by atoms with Crippen LogP contribution in [0.1, 0.15) is 43.0 Å². The van der Waals surface area contributed by atoms with Crippen molar-refractivity contribution in [2.75, 3.05) is 37.6 Å². The molecule has 1 saturated carbocycles. The number of piperazine rings is 1. The Morgan fingerprint density at radius 1 is 1.14 bits per heavy atom. The predicted octanol–water partition coefficient (Wildman–Crippen LogP) is 1.89. The number of benzene rings is 1. The zero-order valence-corrected chi connectivity index (χ0v) is 17.5. The number of carbonyl (C=O) groups excluding carboxylic acids is 3. The van der Waals surface area contributed by atoms with Crippen LogP contribution < -0.4 is 10.2 Å². The molecule has 8 heteroatoms. The smallest absolute Gasteiger partial charge is 0.256 e. The number of anilines is 1. The largest absolute Gasteiger partial charge is 0.352 e. The summed E-state index contributed by atoms with van der Waals surface area (Å²) in [7, 11) is 0. The minimum atomic E-state index is -0.193. The molecule has 3 fully saturated rings. The maximum absolute atomic E-state index is 13.2. The van der Waals surface area contributed by atoms with Gasteiger partial charge in [-0.05, 0) is 44.4 Å². The quantitative estimate of drug-likeness (QED) is 0.792. The van der Waals surface area contributed by atoms with Gasteiger partial charge in [0.05, 0.1) is 17.3 Å². The van der Waals surface area contributed by atoms with E-state index in [4.69, 9.17) is 11.6 Å².